The Morgan fingerprint density at radius 2 is 2.32 bits per heavy atom. The van der Waals surface area contributed by atoms with Crippen LogP contribution in [0, 0.1) is 10.1 Å². The van der Waals surface area contributed by atoms with Gasteiger partial charge in [0.1, 0.15) is 19.0 Å². The summed E-state index contributed by atoms with van der Waals surface area (Å²) in [7, 11) is -1.15. The molecule has 0 unspecified atom stereocenters. The maximum absolute atomic E-state index is 11.1. The summed E-state index contributed by atoms with van der Waals surface area (Å²) in [4.78, 5) is 10.6. The van der Waals surface area contributed by atoms with E-state index in [-0.39, 0.29) is 24.4 Å². The standard InChI is InChI=1S/C13H23N3O5Si/c1-22(2,3)7-6-20-10-15-8-12(16(17)18)13(14-15)21-11-4-5-19-9-11/h8,11H,4-7,9-10H2,1-3H3/t11-/m0/s1. The lowest BCUT2D eigenvalue weighted by Gasteiger charge is -2.15. The molecule has 8 nitrogen and oxygen atoms in total. The van der Waals surface area contributed by atoms with Crippen LogP contribution >= 0.6 is 0 Å². The molecule has 0 bridgehead atoms. The number of nitro groups is 1. The summed E-state index contributed by atoms with van der Waals surface area (Å²) in [6, 6.07) is 1.04. The van der Waals surface area contributed by atoms with Crippen molar-refractivity contribution < 1.29 is 19.1 Å². The maximum Gasteiger partial charge on any atom is 0.350 e. The number of rotatable bonds is 8. The highest BCUT2D eigenvalue weighted by Crippen LogP contribution is 2.27. The van der Waals surface area contributed by atoms with Gasteiger partial charge in [-0.05, 0) is 6.04 Å². The molecule has 1 fully saturated rings. The number of ether oxygens (including phenoxy) is 3. The number of nitrogens with zero attached hydrogens (tertiary/aromatic N) is 3. The van der Waals surface area contributed by atoms with Crippen molar-refractivity contribution in [3.63, 3.8) is 0 Å². The van der Waals surface area contributed by atoms with Gasteiger partial charge < -0.3 is 14.2 Å². The molecule has 0 saturated carbocycles. The number of hydrogen-bond acceptors (Lipinski definition) is 6. The molecular formula is C13H23N3O5Si. The van der Waals surface area contributed by atoms with Gasteiger partial charge in [-0.3, -0.25) is 10.1 Å². The molecule has 1 aliphatic rings. The zero-order valence-corrected chi connectivity index (χ0v) is 14.3. The fourth-order valence-corrected chi connectivity index (χ4v) is 2.73. The van der Waals surface area contributed by atoms with Gasteiger partial charge >= 0.3 is 11.6 Å². The minimum atomic E-state index is -1.15. The van der Waals surface area contributed by atoms with Gasteiger partial charge in [0.15, 0.2) is 0 Å². The summed E-state index contributed by atoms with van der Waals surface area (Å²) in [5.41, 5.74) is -0.138. The molecule has 1 aliphatic heterocycles. The van der Waals surface area contributed by atoms with E-state index < -0.39 is 13.0 Å². The highest BCUT2D eigenvalue weighted by molar-refractivity contribution is 6.76. The first-order chi connectivity index (χ1) is 10.3. The Kier molecular flexibility index (Phi) is 5.54. The van der Waals surface area contributed by atoms with Crippen LogP contribution in [-0.4, -0.2) is 48.7 Å². The van der Waals surface area contributed by atoms with Crippen molar-refractivity contribution in [3.8, 4) is 5.88 Å². The third kappa shape index (κ3) is 5.07. The quantitative estimate of drug-likeness (QED) is 0.315. The van der Waals surface area contributed by atoms with Crippen molar-refractivity contribution in [2.45, 2.75) is 44.9 Å². The zero-order chi connectivity index (χ0) is 16.2. The van der Waals surface area contributed by atoms with Crippen molar-refractivity contribution in [1.82, 2.24) is 9.78 Å². The molecule has 0 spiro atoms. The van der Waals surface area contributed by atoms with Crippen LogP contribution in [0.3, 0.4) is 0 Å². The van der Waals surface area contributed by atoms with Gasteiger partial charge in [-0.1, -0.05) is 19.6 Å². The van der Waals surface area contributed by atoms with E-state index >= 15 is 0 Å². The summed E-state index contributed by atoms with van der Waals surface area (Å²) in [5, 5.41) is 15.2. The van der Waals surface area contributed by atoms with Crippen LogP contribution in [0.4, 0.5) is 5.69 Å². The van der Waals surface area contributed by atoms with Crippen LogP contribution in [0.5, 0.6) is 5.88 Å². The van der Waals surface area contributed by atoms with E-state index in [1.54, 1.807) is 0 Å². The van der Waals surface area contributed by atoms with Crippen molar-refractivity contribution in [1.29, 1.82) is 0 Å². The van der Waals surface area contributed by atoms with Crippen molar-refractivity contribution in [2.75, 3.05) is 19.8 Å². The first kappa shape index (κ1) is 16.9. The molecule has 1 aromatic heterocycles. The second-order valence-electron chi connectivity index (χ2n) is 6.57. The molecule has 2 rings (SSSR count). The molecule has 9 heteroatoms. The van der Waals surface area contributed by atoms with Crippen LogP contribution in [0.25, 0.3) is 0 Å². The van der Waals surface area contributed by atoms with Crippen LogP contribution in [0.15, 0.2) is 6.20 Å². The van der Waals surface area contributed by atoms with E-state index in [1.807, 2.05) is 0 Å². The average molecular weight is 329 g/mol. The molecule has 1 aromatic rings. The van der Waals surface area contributed by atoms with E-state index in [1.165, 1.54) is 10.9 Å². The van der Waals surface area contributed by atoms with Gasteiger partial charge in [-0.15, -0.1) is 5.10 Å². The lowest BCUT2D eigenvalue weighted by molar-refractivity contribution is -0.386. The van der Waals surface area contributed by atoms with Crippen molar-refractivity contribution >= 4 is 13.8 Å². The van der Waals surface area contributed by atoms with Gasteiger partial charge in [0.2, 0.25) is 0 Å². The highest BCUT2D eigenvalue weighted by Gasteiger charge is 2.26. The summed E-state index contributed by atoms with van der Waals surface area (Å²) in [6.07, 6.45) is 1.89. The molecule has 2 heterocycles. The van der Waals surface area contributed by atoms with E-state index in [0.717, 1.165) is 12.5 Å². The average Bonchev–Trinajstić information content (AvgIpc) is 3.04. The summed E-state index contributed by atoms with van der Waals surface area (Å²) >= 11 is 0. The van der Waals surface area contributed by atoms with E-state index in [0.29, 0.717) is 19.8 Å². The number of aromatic nitrogens is 2. The smallest absolute Gasteiger partial charge is 0.350 e. The SMILES string of the molecule is C[Si](C)(C)CCOCn1cc([N+](=O)[O-])c(O[C@H]2CCOC2)n1. The predicted molar refractivity (Wildman–Crippen MR) is 82.8 cm³/mol. The summed E-state index contributed by atoms with van der Waals surface area (Å²) < 4.78 is 17.7. The lowest BCUT2D eigenvalue weighted by Crippen LogP contribution is -2.22. The third-order valence-corrected chi connectivity index (χ3v) is 5.00. The largest absolute Gasteiger partial charge is 0.466 e. The molecule has 0 radical (unpaired) electrons. The molecule has 0 aliphatic carbocycles. The summed E-state index contributed by atoms with van der Waals surface area (Å²) in [6.45, 7) is 8.68. The van der Waals surface area contributed by atoms with E-state index in [4.69, 9.17) is 14.2 Å². The Morgan fingerprint density at radius 1 is 1.55 bits per heavy atom. The molecule has 0 aromatic carbocycles. The second kappa shape index (κ2) is 7.21. The Hall–Kier alpha value is -1.45. The maximum atomic E-state index is 11.1. The van der Waals surface area contributed by atoms with Gasteiger partial charge in [0.25, 0.3) is 0 Å². The monoisotopic (exact) mass is 329 g/mol. The third-order valence-electron chi connectivity index (χ3n) is 3.29. The molecule has 22 heavy (non-hydrogen) atoms. The Morgan fingerprint density at radius 3 is 2.91 bits per heavy atom. The van der Waals surface area contributed by atoms with Crippen molar-refractivity contribution in [3.05, 3.63) is 16.3 Å². The van der Waals surface area contributed by atoms with Crippen molar-refractivity contribution in [2.24, 2.45) is 0 Å². The Bertz CT molecular complexity index is 508. The van der Waals surface area contributed by atoms with Crippen LogP contribution in [-0.2, 0) is 16.2 Å². The van der Waals surface area contributed by atoms with Gasteiger partial charge in [0.05, 0.1) is 18.1 Å². The molecule has 0 amide bonds. The summed E-state index contributed by atoms with van der Waals surface area (Å²) in [5.74, 6) is 0.0364. The fourth-order valence-electron chi connectivity index (χ4n) is 1.97. The minimum Gasteiger partial charge on any atom is -0.466 e. The van der Waals surface area contributed by atoms with Gasteiger partial charge in [-0.25, -0.2) is 4.68 Å². The van der Waals surface area contributed by atoms with Crippen LogP contribution in [0.1, 0.15) is 6.42 Å². The Labute approximate surface area is 130 Å². The minimum absolute atomic E-state index is 0.0364. The predicted octanol–water partition coefficient (Wildman–Crippen LogP) is 2.27. The molecule has 1 atom stereocenters. The molecule has 1 saturated heterocycles. The van der Waals surface area contributed by atoms with E-state index in [9.17, 15) is 10.1 Å². The first-order valence-electron chi connectivity index (χ1n) is 7.39. The van der Waals surface area contributed by atoms with Crippen LogP contribution < -0.4 is 4.74 Å². The van der Waals surface area contributed by atoms with E-state index in [2.05, 4.69) is 24.7 Å². The fraction of sp³-hybridized carbons (Fsp3) is 0.769. The molecule has 124 valence electrons. The van der Waals surface area contributed by atoms with Gasteiger partial charge in [-0.2, -0.15) is 0 Å². The lowest BCUT2D eigenvalue weighted by atomic mass is 10.3. The molecule has 0 N–H and O–H groups in total. The zero-order valence-electron chi connectivity index (χ0n) is 13.3. The number of hydrogen-bond donors (Lipinski definition) is 0. The van der Waals surface area contributed by atoms with Crippen LogP contribution in [0.2, 0.25) is 25.7 Å². The molecular weight excluding hydrogens is 306 g/mol. The normalized spacial score (nSPS) is 18.6. The topological polar surface area (TPSA) is 88.7 Å². The highest BCUT2D eigenvalue weighted by atomic mass is 28.3. The Balaban J connectivity index is 1.92. The first-order valence-corrected chi connectivity index (χ1v) is 11.1. The van der Waals surface area contributed by atoms with Gasteiger partial charge in [0, 0.05) is 21.1 Å². The second-order valence-corrected chi connectivity index (χ2v) is 12.2.